The van der Waals surface area contributed by atoms with Gasteiger partial charge in [-0.3, -0.25) is 4.79 Å². The van der Waals surface area contributed by atoms with Crippen LogP contribution in [0.5, 0.6) is 0 Å². The first-order valence-corrected chi connectivity index (χ1v) is 11.2. The monoisotopic (exact) mass is 422 g/mol. The van der Waals surface area contributed by atoms with E-state index in [2.05, 4.69) is 53.2 Å². The summed E-state index contributed by atoms with van der Waals surface area (Å²) in [6.45, 7) is 4.71. The van der Waals surface area contributed by atoms with E-state index in [9.17, 15) is 4.79 Å². The van der Waals surface area contributed by atoms with E-state index in [0.717, 1.165) is 45.1 Å². The lowest BCUT2D eigenvalue weighted by molar-refractivity contribution is -0.121. The average Bonchev–Trinajstić information content (AvgIpc) is 3.14. The smallest absolute Gasteiger partial charge is 0.222 e. The predicted octanol–water partition coefficient (Wildman–Crippen LogP) is 5.57. The molecule has 5 aromatic rings. The molecular formula is C27H26N4O. The largest absolute Gasteiger partial charge is 0.350 e. The van der Waals surface area contributed by atoms with Crippen LogP contribution in [0, 0.1) is 0 Å². The van der Waals surface area contributed by atoms with Crippen molar-refractivity contribution in [2.24, 2.45) is 0 Å². The molecule has 0 aliphatic carbocycles. The SMILES string of the molecule is CCc1ccc(C(C)NC(=O)CCn2c3ccccc3c3nc4ccccc4nc32)cc1. The molecule has 0 aliphatic rings. The zero-order chi connectivity index (χ0) is 22.1. The topological polar surface area (TPSA) is 59.8 Å². The van der Waals surface area contributed by atoms with Gasteiger partial charge in [0.25, 0.3) is 0 Å². The highest BCUT2D eigenvalue weighted by Crippen LogP contribution is 2.28. The molecule has 1 N–H and O–H groups in total. The van der Waals surface area contributed by atoms with E-state index in [0.29, 0.717) is 13.0 Å². The molecule has 0 saturated heterocycles. The first-order chi connectivity index (χ1) is 15.6. The Labute approximate surface area is 187 Å². The number of para-hydroxylation sites is 3. The van der Waals surface area contributed by atoms with Crippen LogP contribution in [0.25, 0.3) is 33.1 Å². The number of aryl methyl sites for hydroxylation is 2. The normalized spacial score (nSPS) is 12.4. The molecule has 5 heteroatoms. The second kappa shape index (κ2) is 8.42. The number of hydrogen-bond acceptors (Lipinski definition) is 3. The van der Waals surface area contributed by atoms with Gasteiger partial charge in [0.1, 0.15) is 5.52 Å². The maximum atomic E-state index is 12.8. The number of amides is 1. The van der Waals surface area contributed by atoms with Crippen molar-refractivity contribution in [3.63, 3.8) is 0 Å². The molecule has 5 rings (SSSR count). The van der Waals surface area contributed by atoms with Gasteiger partial charge in [0.05, 0.1) is 22.6 Å². The second-order valence-corrected chi connectivity index (χ2v) is 8.19. The van der Waals surface area contributed by atoms with Crippen LogP contribution < -0.4 is 5.32 Å². The standard InChI is InChI=1S/C27H26N4O/c1-3-19-12-14-20(15-13-19)18(2)28-25(32)16-17-31-24-11-7-4-8-21(24)26-27(31)30-23-10-6-5-9-22(23)29-26/h4-15,18H,3,16-17H2,1-2H3,(H,28,32). The first kappa shape index (κ1) is 20.2. The van der Waals surface area contributed by atoms with Crippen molar-refractivity contribution in [3.05, 3.63) is 83.9 Å². The van der Waals surface area contributed by atoms with Gasteiger partial charge in [0.2, 0.25) is 5.91 Å². The highest BCUT2D eigenvalue weighted by Gasteiger charge is 2.16. The van der Waals surface area contributed by atoms with Crippen molar-refractivity contribution in [3.8, 4) is 0 Å². The van der Waals surface area contributed by atoms with Crippen LogP contribution in [0.2, 0.25) is 0 Å². The molecule has 0 spiro atoms. The summed E-state index contributed by atoms with van der Waals surface area (Å²) in [5.74, 6) is 0.0248. The Kier molecular flexibility index (Phi) is 5.31. The molecule has 3 aromatic carbocycles. The summed E-state index contributed by atoms with van der Waals surface area (Å²) in [7, 11) is 0. The number of fused-ring (bicyclic) bond motifs is 4. The van der Waals surface area contributed by atoms with E-state index in [1.54, 1.807) is 0 Å². The van der Waals surface area contributed by atoms with Gasteiger partial charge in [-0.15, -0.1) is 0 Å². The van der Waals surface area contributed by atoms with Gasteiger partial charge in [-0.05, 0) is 42.7 Å². The minimum atomic E-state index is -0.0321. The maximum Gasteiger partial charge on any atom is 0.222 e. The highest BCUT2D eigenvalue weighted by molar-refractivity contribution is 6.06. The summed E-state index contributed by atoms with van der Waals surface area (Å²) in [6, 6.07) is 24.5. The van der Waals surface area contributed by atoms with E-state index in [1.165, 1.54) is 5.56 Å². The van der Waals surface area contributed by atoms with Gasteiger partial charge in [-0.1, -0.05) is 61.5 Å². The molecule has 1 amide bonds. The van der Waals surface area contributed by atoms with Crippen LogP contribution in [0.1, 0.15) is 37.4 Å². The number of rotatable bonds is 6. The number of nitrogens with zero attached hydrogens (tertiary/aromatic N) is 3. The average molecular weight is 423 g/mol. The first-order valence-electron chi connectivity index (χ1n) is 11.2. The molecule has 2 heterocycles. The lowest BCUT2D eigenvalue weighted by atomic mass is 10.0. The van der Waals surface area contributed by atoms with E-state index in [1.807, 2.05) is 43.3 Å². The number of carbonyl (C=O) groups excluding carboxylic acids is 1. The van der Waals surface area contributed by atoms with E-state index < -0.39 is 0 Å². The van der Waals surface area contributed by atoms with Crippen LogP contribution in [0.4, 0.5) is 0 Å². The molecule has 160 valence electrons. The Hall–Kier alpha value is -3.73. The van der Waals surface area contributed by atoms with Gasteiger partial charge in [-0.2, -0.15) is 0 Å². The van der Waals surface area contributed by atoms with Crippen LogP contribution in [-0.4, -0.2) is 20.4 Å². The molecular weight excluding hydrogens is 396 g/mol. The highest BCUT2D eigenvalue weighted by atomic mass is 16.1. The third-order valence-corrected chi connectivity index (χ3v) is 6.09. The number of benzene rings is 3. The molecule has 0 fully saturated rings. The third-order valence-electron chi connectivity index (χ3n) is 6.09. The Morgan fingerprint density at radius 3 is 2.38 bits per heavy atom. The van der Waals surface area contributed by atoms with Gasteiger partial charge in [0, 0.05) is 18.4 Å². The Morgan fingerprint density at radius 1 is 0.938 bits per heavy atom. The Morgan fingerprint density at radius 2 is 1.62 bits per heavy atom. The van der Waals surface area contributed by atoms with Gasteiger partial charge >= 0.3 is 0 Å². The Bertz CT molecular complexity index is 1420. The summed E-state index contributed by atoms with van der Waals surface area (Å²) in [5.41, 5.74) is 6.90. The quantitative estimate of drug-likeness (QED) is 0.389. The molecule has 2 aromatic heterocycles. The fraction of sp³-hybridized carbons (Fsp3) is 0.222. The summed E-state index contributed by atoms with van der Waals surface area (Å²) >= 11 is 0. The fourth-order valence-corrected chi connectivity index (χ4v) is 4.26. The van der Waals surface area contributed by atoms with Crippen molar-refractivity contribution in [1.29, 1.82) is 0 Å². The second-order valence-electron chi connectivity index (χ2n) is 8.19. The van der Waals surface area contributed by atoms with Gasteiger partial charge < -0.3 is 9.88 Å². The fourth-order valence-electron chi connectivity index (χ4n) is 4.26. The van der Waals surface area contributed by atoms with Crippen LogP contribution >= 0.6 is 0 Å². The number of hydrogen-bond donors (Lipinski definition) is 1. The third kappa shape index (κ3) is 3.71. The molecule has 0 bridgehead atoms. The van der Waals surface area contributed by atoms with E-state index in [4.69, 9.17) is 9.97 Å². The van der Waals surface area contributed by atoms with E-state index in [-0.39, 0.29) is 11.9 Å². The zero-order valence-electron chi connectivity index (χ0n) is 18.4. The van der Waals surface area contributed by atoms with Crippen LogP contribution in [0.15, 0.2) is 72.8 Å². The van der Waals surface area contributed by atoms with Crippen molar-refractivity contribution < 1.29 is 4.79 Å². The summed E-state index contributed by atoms with van der Waals surface area (Å²) in [4.78, 5) is 22.5. The van der Waals surface area contributed by atoms with Crippen molar-refractivity contribution in [2.75, 3.05) is 0 Å². The minimum absolute atomic E-state index is 0.0248. The Balaban J connectivity index is 1.40. The number of aromatic nitrogens is 3. The summed E-state index contributed by atoms with van der Waals surface area (Å²) in [5, 5.41) is 4.19. The lowest BCUT2D eigenvalue weighted by Gasteiger charge is -2.15. The summed E-state index contributed by atoms with van der Waals surface area (Å²) < 4.78 is 2.12. The van der Waals surface area contributed by atoms with Crippen LogP contribution in [0.3, 0.4) is 0 Å². The molecule has 0 aliphatic heterocycles. The maximum absolute atomic E-state index is 12.8. The van der Waals surface area contributed by atoms with Crippen molar-refractivity contribution >= 4 is 39.0 Å². The van der Waals surface area contributed by atoms with Gasteiger partial charge in [0.15, 0.2) is 5.65 Å². The minimum Gasteiger partial charge on any atom is -0.350 e. The van der Waals surface area contributed by atoms with Crippen molar-refractivity contribution in [1.82, 2.24) is 19.9 Å². The number of nitrogens with one attached hydrogen (secondary N) is 1. The van der Waals surface area contributed by atoms with Crippen LogP contribution in [-0.2, 0) is 17.8 Å². The molecule has 0 radical (unpaired) electrons. The molecule has 0 saturated carbocycles. The van der Waals surface area contributed by atoms with Crippen molar-refractivity contribution in [2.45, 2.75) is 39.3 Å². The zero-order valence-corrected chi connectivity index (χ0v) is 18.4. The number of carbonyl (C=O) groups is 1. The summed E-state index contributed by atoms with van der Waals surface area (Å²) in [6.07, 6.45) is 1.39. The molecule has 5 nitrogen and oxygen atoms in total. The van der Waals surface area contributed by atoms with Gasteiger partial charge in [-0.25, -0.2) is 9.97 Å². The molecule has 1 atom stereocenters. The van der Waals surface area contributed by atoms with E-state index >= 15 is 0 Å². The molecule has 1 unspecified atom stereocenters. The molecule has 32 heavy (non-hydrogen) atoms. The lowest BCUT2D eigenvalue weighted by Crippen LogP contribution is -2.27. The predicted molar refractivity (Wildman–Crippen MR) is 130 cm³/mol.